The highest BCUT2D eigenvalue weighted by molar-refractivity contribution is 5.61. The molecule has 0 amide bonds. The predicted molar refractivity (Wildman–Crippen MR) is 74.3 cm³/mol. The van der Waals surface area contributed by atoms with E-state index in [1.54, 1.807) is 12.1 Å². The number of benzene rings is 1. The molecular formula is C14H18FN5. The number of hydrogen-bond acceptors (Lipinski definition) is 4. The van der Waals surface area contributed by atoms with Crippen molar-refractivity contribution in [3.8, 4) is 11.4 Å². The number of nitrogens with two attached hydrogens (primary N) is 1. The van der Waals surface area contributed by atoms with Crippen molar-refractivity contribution in [1.82, 2.24) is 20.2 Å². The van der Waals surface area contributed by atoms with Crippen LogP contribution in [0.1, 0.15) is 38.6 Å². The molecule has 1 saturated carbocycles. The molecule has 2 aromatic rings. The third-order valence-electron chi connectivity index (χ3n) is 4.13. The monoisotopic (exact) mass is 275 g/mol. The minimum Gasteiger partial charge on any atom is -0.396 e. The zero-order valence-electron chi connectivity index (χ0n) is 11.5. The van der Waals surface area contributed by atoms with Crippen LogP contribution in [-0.2, 0) is 0 Å². The van der Waals surface area contributed by atoms with E-state index in [0.717, 1.165) is 12.0 Å². The molecule has 2 unspecified atom stereocenters. The summed E-state index contributed by atoms with van der Waals surface area (Å²) in [5.41, 5.74) is 6.51. The Morgan fingerprint density at radius 1 is 1.30 bits per heavy atom. The third-order valence-corrected chi connectivity index (χ3v) is 4.13. The molecule has 0 radical (unpaired) electrons. The fourth-order valence-electron chi connectivity index (χ4n) is 2.95. The van der Waals surface area contributed by atoms with Crippen LogP contribution >= 0.6 is 0 Å². The van der Waals surface area contributed by atoms with Crippen LogP contribution < -0.4 is 5.73 Å². The molecule has 1 aliphatic rings. The molecular weight excluding hydrogens is 257 g/mol. The van der Waals surface area contributed by atoms with E-state index in [9.17, 15) is 4.39 Å². The van der Waals surface area contributed by atoms with Gasteiger partial charge in [0, 0.05) is 5.56 Å². The summed E-state index contributed by atoms with van der Waals surface area (Å²) in [5.74, 6) is 0.790. The van der Waals surface area contributed by atoms with Crippen LogP contribution in [0.3, 0.4) is 0 Å². The van der Waals surface area contributed by atoms with Gasteiger partial charge < -0.3 is 5.73 Å². The van der Waals surface area contributed by atoms with E-state index in [0.29, 0.717) is 17.8 Å². The largest absolute Gasteiger partial charge is 0.396 e. The van der Waals surface area contributed by atoms with Crippen LogP contribution in [0, 0.1) is 11.7 Å². The highest BCUT2D eigenvalue weighted by atomic mass is 19.1. The fourth-order valence-corrected chi connectivity index (χ4v) is 2.95. The topological polar surface area (TPSA) is 69.6 Å². The summed E-state index contributed by atoms with van der Waals surface area (Å²) < 4.78 is 15.1. The molecule has 5 nitrogen and oxygen atoms in total. The van der Waals surface area contributed by atoms with Crippen molar-refractivity contribution >= 4 is 5.69 Å². The molecule has 1 aliphatic carbocycles. The van der Waals surface area contributed by atoms with Crippen LogP contribution in [0.5, 0.6) is 0 Å². The Labute approximate surface area is 117 Å². The van der Waals surface area contributed by atoms with Crippen LogP contribution in [-0.4, -0.2) is 20.2 Å². The molecule has 20 heavy (non-hydrogen) atoms. The molecule has 1 fully saturated rings. The quantitative estimate of drug-likeness (QED) is 0.856. The molecule has 0 aliphatic heterocycles. The molecule has 6 heteroatoms. The minimum absolute atomic E-state index is 0.119. The van der Waals surface area contributed by atoms with Gasteiger partial charge in [0.1, 0.15) is 5.82 Å². The Bertz CT molecular complexity index is 609. The van der Waals surface area contributed by atoms with Gasteiger partial charge >= 0.3 is 0 Å². The maximum Gasteiger partial charge on any atom is 0.182 e. The van der Waals surface area contributed by atoms with Crippen molar-refractivity contribution in [3.05, 3.63) is 24.0 Å². The lowest BCUT2D eigenvalue weighted by molar-refractivity contribution is 0.239. The van der Waals surface area contributed by atoms with E-state index in [1.165, 1.54) is 25.3 Å². The first-order valence-electron chi connectivity index (χ1n) is 7.00. The second-order valence-electron chi connectivity index (χ2n) is 5.51. The summed E-state index contributed by atoms with van der Waals surface area (Å²) in [7, 11) is 0. The number of nitrogen functional groups attached to an aromatic ring is 1. The number of halogens is 1. The van der Waals surface area contributed by atoms with Gasteiger partial charge in [0.25, 0.3) is 0 Å². The molecule has 2 atom stereocenters. The van der Waals surface area contributed by atoms with Crippen molar-refractivity contribution < 1.29 is 4.39 Å². The molecule has 2 N–H and O–H groups in total. The second-order valence-corrected chi connectivity index (χ2v) is 5.51. The van der Waals surface area contributed by atoms with Crippen LogP contribution in [0.15, 0.2) is 18.2 Å². The van der Waals surface area contributed by atoms with Crippen molar-refractivity contribution in [3.63, 3.8) is 0 Å². The minimum atomic E-state index is -0.418. The number of rotatable bonds is 2. The van der Waals surface area contributed by atoms with Gasteiger partial charge in [-0.05, 0) is 47.4 Å². The molecule has 1 aromatic heterocycles. The predicted octanol–water partition coefficient (Wildman–Crippen LogP) is 2.81. The lowest BCUT2D eigenvalue weighted by Crippen LogP contribution is -2.23. The average Bonchev–Trinajstić information content (AvgIpc) is 2.91. The Hall–Kier alpha value is -1.98. The van der Waals surface area contributed by atoms with Crippen molar-refractivity contribution in [2.24, 2.45) is 5.92 Å². The summed E-state index contributed by atoms with van der Waals surface area (Å²) in [6.07, 6.45) is 4.73. The highest BCUT2D eigenvalue weighted by Gasteiger charge is 2.26. The van der Waals surface area contributed by atoms with Crippen LogP contribution in [0.25, 0.3) is 11.4 Å². The standard InChI is InChI=1S/C14H18FN5/c1-9-4-2-3-5-13(9)20-14(17-18-19-20)10-6-7-11(15)12(16)8-10/h6-9,13H,2-5,16H2,1H3. The first-order chi connectivity index (χ1) is 9.66. The molecule has 0 saturated heterocycles. The number of aromatic nitrogens is 4. The Morgan fingerprint density at radius 2 is 2.10 bits per heavy atom. The lowest BCUT2D eigenvalue weighted by atomic mass is 9.86. The van der Waals surface area contributed by atoms with Crippen molar-refractivity contribution in [2.75, 3.05) is 5.73 Å². The van der Waals surface area contributed by atoms with Crippen molar-refractivity contribution in [2.45, 2.75) is 38.6 Å². The maximum absolute atomic E-state index is 13.3. The Morgan fingerprint density at radius 3 is 2.85 bits per heavy atom. The van der Waals surface area contributed by atoms with Gasteiger partial charge in [-0.2, -0.15) is 0 Å². The third kappa shape index (κ3) is 2.26. The van der Waals surface area contributed by atoms with E-state index in [2.05, 4.69) is 22.4 Å². The van der Waals surface area contributed by atoms with Crippen molar-refractivity contribution in [1.29, 1.82) is 0 Å². The Balaban J connectivity index is 1.98. The second kappa shape index (κ2) is 5.19. The van der Waals surface area contributed by atoms with Gasteiger partial charge in [0.15, 0.2) is 5.82 Å². The molecule has 1 heterocycles. The Kier molecular flexibility index (Phi) is 3.38. The molecule has 106 valence electrons. The SMILES string of the molecule is CC1CCCCC1n1nnnc1-c1ccc(F)c(N)c1. The normalized spacial score (nSPS) is 22.9. The maximum atomic E-state index is 13.3. The summed E-state index contributed by atoms with van der Waals surface area (Å²) >= 11 is 0. The molecule has 0 spiro atoms. The first kappa shape index (κ1) is 13.0. The van der Waals surface area contributed by atoms with E-state index in [-0.39, 0.29) is 5.69 Å². The summed E-state index contributed by atoms with van der Waals surface area (Å²) in [4.78, 5) is 0. The summed E-state index contributed by atoms with van der Waals surface area (Å²) in [6, 6.07) is 4.92. The van der Waals surface area contributed by atoms with Gasteiger partial charge in [-0.1, -0.05) is 19.8 Å². The lowest BCUT2D eigenvalue weighted by Gasteiger charge is -2.29. The zero-order valence-corrected chi connectivity index (χ0v) is 11.5. The van der Waals surface area contributed by atoms with E-state index >= 15 is 0 Å². The number of tetrazole rings is 1. The number of anilines is 1. The van der Waals surface area contributed by atoms with Crippen LogP contribution in [0.4, 0.5) is 10.1 Å². The van der Waals surface area contributed by atoms with Crippen LogP contribution in [0.2, 0.25) is 0 Å². The zero-order chi connectivity index (χ0) is 14.1. The van der Waals surface area contributed by atoms with E-state index in [1.807, 2.05) is 4.68 Å². The number of nitrogens with zero attached hydrogens (tertiary/aromatic N) is 4. The van der Waals surface area contributed by atoms with E-state index < -0.39 is 5.82 Å². The van der Waals surface area contributed by atoms with Gasteiger partial charge in [0.2, 0.25) is 0 Å². The summed E-state index contributed by atoms with van der Waals surface area (Å²) in [5, 5.41) is 12.0. The molecule has 1 aromatic carbocycles. The average molecular weight is 275 g/mol. The number of hydrogen-bond donors (Lipinski definition) is 1. The smallest absolute Gasteiger partial charge is 0.182 e. The van der Waals surface area contributed by atoms with Gasteiger partial charge in [-0.25, -0.2) is 9.07 Å². The first-order valence-corrected chi connectivity index (χ1v) is 7.00. The van der Waals surface area contributed by atoms with E-state index in [4.69, 9.17) is 5.73 Å². The molecule has 0 bridgehead atoms. The molecule has 3 rings (SSSR count). The fraction of sp³-hybridized carbons (Fsp3) is 0.500. The highest BCUT2D eigenvalue weighted by Crippen LogP contribution is 2.35. The van der Waals surface area contributed by atoms with Gasteiger partial charge in [-0.3, -0.25) is 0 Å². The summed E-state index contributed by atoms with van der Waals surface area (Å²) in [6.45, 7) is 2.23. The van der Waals surface area contributed by atoms with Gasteiger partial charge in [0.05, 0.1) is 11.7 Å². The van der Waals surface area contributed by atoms with Gasteiger partial charge in [-0.15, -0.1) is 5.10 Å².